The molecule has 28 heavy (non-hydrogen) atoms. The molecule has 1 aliphatic rings. The molecular weight excluding hydrogens is 368 g/mol. The van der Waals surface area contributed by atoms with Crippen molar-refractivity contribution in [2.45, 2.75) is 37.3 Å². The summed E-state index contributed by atoms with van der Waals surface area (Å²) in [4.78, 5) is 12.4. The predicted molar refractivity (Wildman–Crippen MR) is 96.4 cm³/mol. The molecule has 150 valence electrons. The Hall–Kier alpha value is -2.49. The number of carbonyl (C=O) groups is 1. The van der Waals surface area contributed by atoms with Gasteiger partial charge in [-0.3, -0.25) is 0 Å². The molecule has 0 aliphatic carbocycles. The molecule has 1 heterocycles. The lowest BCUT2D eigenvalue weighted by atomic mass is 9.99. The van der Waals surface area contributed by atoms with Crippen LogP contribution < -0.4 is 4.74 Å². The fourth-order valence-electron chi connectivity index (χ4n) is 2.92. The maximum atomic E-state index is 12.4. The van der Waals surface area contributed by atoms with E-state index in [-0.39, 0.29) is 17.9 Å². The molecule has 0 radical (unpaired) electrons. The van der Waals surface area contributed by atoms with E-state index in [1.165, 1.54) is 0 Å². The van der Waals surface area contributed by atoms with Crippen molar-refractivity contribution in [3.63, 3.8) is 0 Å². The Labute approximate surface area is 161 Å². The number of aliphatic hydroxyl groups excluding tert-OH is 4. The Kier molecular flexibility index (Phi) is 6.61. The third-order valence-corrected chi connectivity index (χ3v) is 4.46. The normalized spacial score (nSPS) is 27.2. The van der Waals surface area contributed by atoms with Crippen molar-refractivity contribution in [2.24, 2.45) is 0 Å². The maximum Gasteiger partial charge on any atom is 0.338 e. The fraction of sp³-hybridized carbons (Fsp3) is 0.350. The lowest BCUT2D eigenvalue weighted by Gasteiger charge is -2.41. The van der Waals surface area contributed by atoms with E-state index >= 15 is 0 Å². The summed E-state index contributed by atoms with van der Waals surface area (Å²) in [5.41, 5.74) is 0.711. The smallest absolute Gasteiger partial charge is 0.338 e. The average molecular weight is 390 g/mol. The summed E-state index contributed by atoms with van der Waals surface area (Å²) in [6, 6.07) is 14.7. The van der Waals surface area contributed by atoms with E-state index in [0.29, 0.717) is 5.56 Å². The highest BCUT2D eigenvalue weighted by atomic mass is 16.7. The van der Waals surface area contributed by atoms with E-state index in [1.54, 1.807) is 54.6 Å². The van der Waals surface area contributed by atoms with Crippen molar-refractivity contribution >= 4 is 5.97 Å². The standard InChI is InChI=1S/C20H22O8/c21-10-13-8-4-5-9-14(13)26-20-18(17(24)16(23)15(11-22)27-20)28-19(25)12-6-2-1-3-7-12/h1-9,15-18,20-24H,10-11H2/t15-,16-,17+,18-,20+/m1/s1. The summed E-state index contributed by atoms with van der Waals surface area (Å²) in [7, 11) is 0. The number of ether oxygens (including phenoxy) is 3. The zero-order chi connectivity index (χ0) is 20.1. The van der Waals surface area contributed by atoms with Crippen molar-refractivity contribution < 1.29 is 39.4 Å². The Morgan fingerprint density at radius 2 is 1.64 bits per heavy atom. The first-order chi connectivity index (χ1) is 13.5. The SMILES string of the molecule is O=C(O[C@H]1[C@@H](Oc2ccccc2CO)O[C@H](CO)[C@@H](O)[C@@H]1O)c1ccccc1. The first kappa shape index (κ1) is 20.2. The molecule has 0 spiro atoms. The average Bonchev–Trinajstić information content (AvgIpc) is 2.74. The Bertz CT molecular complexity index is 781. The molecule has 1 aliphatic heterocycles. The van der Waals surface area contributed by atoms with E-state index in [4.69, 9.17) is 14.2 Å². The molecule has 8 nitrogen and oxygen atoms in total. The van der Waals surface area contributed by atoms with Crippen LogP contribution in [0.25, 0.3) is 0 Å². The van der Waals surface area contributed by atoms with Gasteiger partial charge >= 0.3 is 5.97 Å². The van der Waals surface area contributed by atoms with E-state index in [9.17, 15) is 25.2 Å². The van der Waals surface area contributed by atoms with Crippen molar-refractivity contribution in [1.29, 1.82) is 0 Å². The van der Waals surface area contributed by atoms with Crippen LogP contribution in [-0.2, 0) is 16.1 Å². The lowest BCUT2D eigenvalue weighted by molar-refractivity contribution is -0.276. The van der Waals surface area contributed by atoms with Gasteiger partial charge in [0.1, 0.15) is 24.1 Å². The van der Waals surface area contributed by atoms with Crippen molar-refractivity contribution in [3.8, 4) is 5.75 Å². The number of hydrogen-bond acceptors (Lipinski definition) is 8. The van der Waals surface area contributed by atoms with Gasteiger partial charge in [0, 0.05) is 5.56 Å². The number of hydrogen-bond donors (Lipinski definition) is 4. The highest BCUT2D eigenvalue weighted by Gasteiger charge is 2.48. The van der Waals surface area contributed by atoms with Crippen LogP contribution in [0.15, 0.2) is 54.6 Å². The predicted octanol–water partition coefficient (Wildman–Crippen LogP) is 0.222. The molecule has 0 saturated carbocycles. The number of esters is 1. The van der Waals surface area contributed by atoms with Gasteiger partial charge in [0.05, 0.1) is 18.8 Å². The second kappa shape index (κ2) is 9.13. The van der Waals surface area contributed by atoms with Crippen LogP contribution >= 0.6 is 0 Å². The number of aliphatic hydroxyl groups is 4. The van der Waals surface area contributed by atoms with Gasteiger partial charge in [-0.05, 0) is 18.2 Å². The van der Waals surface area contributed by atoms with E-state index in [0.717, 1.165) is 0 Å². The van der Waals surface area contributed by atoms with Gasteiger partial charge in [-0.2, -0.15) is 0 Å². The Balaban J connectivity index is 1.85. The van der Waals surface area contributed by atoms with Gasteiger partial charge in [-0.1, -0.05) is 36.4 Å². The summed E-state index contributed by atoms with van der Waals surface area (Å²) < 4.78 is 16.6. The molecule has 3 rings (SSSR count). The molecule has 4 N–H and O–H groups in total. The number of benzene rings is 2. The van der Waals surface area contributed by atoms with Crippen LogP contribution in [0.4, 0.5) is 0 Å². The highest BCUT2D eigenvalue weighted by molar-refractivity contribution is 5.89. The summed E-state index contributed by atoms with van der Waals surface area (Å²) >= 11 is 0. The van der Waals surface area contributed by atoms with Crippen LogP contribution in [0.5, 0.6) is 5.75 Å². The monoisotopic (exact) mass is 390 g/mol. The Morgan fingerprint density at radius 1 is 0.964 bits per heavy atom. The van der Waals surface area contributed by atoms with Crippen LogP contribution in [0, 0.1) is 0 Å². The summed E-state index contributed by atoms with van der Waals surface area (Å²) in [5.74, 6) is -0.469. The third kappa shape index (κ3) is 4.32. The zero-order valence-corrected chi connectivity index (χ0v) is 14.9. The zero-order valence-electron chi connectivity index (χ0n) is 14.9. The van der Waals surface area contributed by atoms with E-state index < -0.39 is 43.3 Å². The quantitative estimate of drug-likeness (QED) is 0.516. The second-order valence-electron chi connectivity index (χ2n) is 6.33. The molecule has 8 heteroatoms. The van der Waals surface area contributed by atoms with Crippen molar-refractivity contribution in [3.05, 3.63) is 65.7 Å². The molecule has 1 saturated heterocycles. The van der Waals surface area contributed by atoms with Crippen LogP contribution in [-0.4, -0.2) is 63.7 Å². The van der Waals surface area contributed by atoms with Gasteiger partial charge in [-0.25, -0.2) is 4.79 Å². The molecule has 2 aromatic carbocycles. The molecule has 1 fully saturated rings. The molecule has 0 unspecified atom stereocenters. The second-order valence-corrected chi connectivity index (χ2v) is 6.33. The molecular formula is C20H22O8. The molecule has 0 bridgehead atoms. The molecule has 0 amide bonds. The van der Waals surface area contributed by atoms with Gasteiger partial charge in [-0.15, -0.1) is 0 Å². The van der Waals surface area contributed by atoms with Gasteiger partial charge in [0.25, 0.3) is 0 Å². The minimum atomic E-state index is -1.55. The summed E-state index contributed by atoms with van der Waals surface area (Å²) in [5, 5.41) is 39.5. The molecule has 2 aromatic rings. The van der Waals surface area contributed by atoms with Crippen LogP contribution in [0.1, 0.15) is 15.9 Å². The minimum Gasteiger partial charge on any atom is -0.460 e. The maximum absolute atomic E-state index is 12.4. The largest absolute Gasteiger partial charge is 0.460 e. The first-order valence-corrected chi connectivity index (χ1v) is 8.79. The number of para-hydroxylation sites is 1. The minimum absolute atomic E-state index is 0.253. The van der Waals surface area contributed by atoms with E-state index in [1.807, 2.05) is 0 Å². The van der Waals surface area contributed by atoms with Crippen molar-refractivity contribution in [1.82, 2.24) is 0 Å². The highest BCUT2D eigenvalue weighted by Crippen LogP contribution is 2.28. The number of carbonyl (C=O) groups excluding carboxylic acids is 1. The van der Waals surface area contributed by atoms with Crippen LogP contribution in [0.3, 0.4) is 0 Å². The fourth-order valence-corrected chi connectivity index (χ4v) is 2.92. The van der Waals surface area contributed by atoms with Gasteiger partial charge in [0.15, 0.2) is 6.10 Å². The Morgan fingerprint density at radius 3 is 2.32 bits per heavy atom. The van der Waals surface area contributed by atoms with Crippen LogP contribution in [0.2, 0.25) is 0 Å². The van der Waals surface area contributed by atoms with Crippen molar-refractivity contribution in [2.75, 3.05) is 6.61 Å². The third-order valence-electron chi connectivity index (χ3n) is 4.46. The first-order valence-electron chi connectivity index (χ1n) is 8.79. The molecule has 0 aromatic heterocycles. The number of rotatable bonds is 6. The van der Waals surface area contributed by atoms with E-state index in [2.05, 4.69) is 0 Å². The summed E-state index contributed by atoms with van der Waals surface area (Å²) in [6.45, 7) is -0.870. The summed E-state index contributed by atoms with van der Waals surface area (Å²) in [6.07, 6.45) is -6.84. The lowest BCUT2D eigenvalue weighted by Crippen LogP contribution is -2.61. The van der Waals surface area contributed by atoms with Gasteiger partial charge < -0.3 is 34.6 Å². The van der Waals surface area contributed by atoms with Gasteiger partial charge in [0.2, 0.25) is 6.29 Å². The molecule has 5 atom stereocenters. The topological polar surface area (TPSA) is 126 Å².